The van der Waals surface area contributed by atoms with E-state index < -0.39 is 29.9 Å². The van der Waals surface area contributed by atoms with Crippen molar-refractivity contribution in [3.63, 3.8) is 0 Å². The first-order valence-electron chi connectivity index (χ1n) is 8.11. The largest absolute Gasteiger partial charge is 0.480 e. The summed E-state index contributed by atoms with van der Waals surface area (Å²) in [4.78, 5) is 48.4. The van der Waals surface area contributed by atoms with Crippen molar-refractivity contribution >= 4 is 23.7 Å². The summed E-state index contributed by atoms with van der Waals surface area (Å²) in [7, 11) is 0. The van der Waals surface area contributed by atoms with Crippen molar-refractivity contribution < 1.29 is 24.3 Å². The van der Waals surface area contributed by atoms with Gasteiger partial charge in [0.2, 0.25) is 17.7 Å². The zero-order valence-electron chi connectivity index (χ0n) is 14.1. The van der Waals surface area contributed by atoms with Gasteiger partial charge in [-0.1, -0.05) is 20.3 Å². The van der Waals surface area contributed by atoms with Crippen molar-refractivity contribution in [2.24, 2.45) is 11.7 Å². The Kier molecular flexibility index (Phi) is 7.63. The summed E-state index contributed by atoms with van der Waals surface area (Å²) in [6.07, 6.45) is 1.72. The van der Waals surface area contributed by atoms with Crippen LogP contribution in [-0.2, 0) is 19.2 Å². The zero-order chi connectivity index (χ0) is 18.3. The van der Waals surface area contributed by atoms with E-state index in [1.54, 1.807) is 6.92 Å². The average Bonchev–Trinajstić information content (AvgIpc) is 3.05. The molecular formula is C15H26N4O5. The summed E-state index contributed by atoms with van der Waals surface area (Å²) in [5, 5.41) is 14.2. The third kappa shape index (κ3) is 5.19. The van der Waals surface area contributed by atoms with Gasteiger partial charge in [-0.15, -0.1) is 0 Å². The molecule has 1 rings (SSSR count). The fraction of sp³-hybridized carbons (Fsp3) is 0.733. The molecule has 0 aromatic carbocycles. The maximum absolute atomic E-state index is 12.4. The fourth-order valence-corrected chi connectivity index (χ4v) is 2.62. The van der Waals surface area contributed by atoms with E-state index in [1.165, 1.54) is 4.90 Å². The Morgan fingerprint density at radius 2 is 2.00 bits per heavy atom. The van der Waals surface area contributed by atoms with Crippen molar-refractivity contribution in [1.82, 2.24) is 15.5 Å². The molecule has 1 aliphatic rings. The van der Waals surface area contributed by atoms with Gasteiger partial charge >= 0.3 is 5.97 Å². The number of carboxylic acids is 1. The number of carboxylic acid groups (broad SMARTS) is 1. The minimum atomic E-state index is -1.09. The number of hydrogen-bond donors (Lipinski definition) is 4. The molecule has 5 N–H and O–H groups in total. The van der Waals surface area contributed by atoms with Gasteiger partial charge in [-0.3, -0.25) is 14.4 Å². The minimum Gasteiger partial charge on any atom is -0.480 e. The molecule has 1 heterocycles. The van der Waals surface area contributed by atoms with E-state index in [4.69, 9.17) is 5.73 Å². The lowest BCUT2D eigenvalue weighted by molar-refractivity contribution is -0.145. The number of nitrogens with one attached hydrogen (secondary N) is 2. The van der Waals surface area contributed by atoms with Gasteiger partial charge in [-0.2, -0.15) is 0 Å². The van der Waals surface area contributed by atoms with Crippen LogP contribution < -0.4 is 16.4 Å². The summed E-state index contributed by atoms with van der Waals surface area (Å²) in [5.41, 5.74) is 5.16. The number of hydrogen-bond acceptors (Lipinski definition) is 5. The first kappa shape index (κ1) is 19.9. The van der Waals surface area contributed by atoms with Crippen LogP contribution in [0.25, 0.3) is 0 Å². The monoisotopic (exact) mass is 342 g/mol. The Labute approximate surface area is 140 Å². The van der Waals surface area contributed by atoms with E-state index in [9.17, 15) is 24.3 Å². The standard InChI is InChI=1S/C15H26N4O5/c1-3-9(2)13(15(23)24)18-14(22)10-5-4-6-19(10)12(21)8-17-11(20)7-16/h9-10,13H,3-8,16H2,1-2H3,(H,17,20)(H,18,22)(H,23,24)/t9-,10-,13?/m0/s1. The molecule has 1 aliphatic heterocycles. The van der Waals surface area contributed by atoms with Crippen molar-refractivity contribution in [2.75, 3.05) is 19.6 Å². The average molecular weight is 342 g/mol. The Bertz CT molecular complexity index is 496. The quantitative estimate of drug-likeness (QED) is 0.430. The van der Waals surface area contributed by atoms with Crippen LogP contribution in [0.15, 0.2) is 0 Å². The number of amides is 3. The highest BCUT2D eigenvalue weighted by Gasteiger charge is 2.36. The van der Waals surface area contributed by atoms with Crippen LogP contribution in [0.5, 0.6) is 0 Å². The molecule has 0 spiro atoms. The van der Waals surface area contributed by atoms with E-state index in [-0.39, 0.29) is 24.9 Å². The fourth-order valence-electron chi connectivity index (χ4n) is 2.62. The highest BCUT2D eigenvalue weighted by atomic mass is 16.4. The summed E-state index contributed by atoms with van der Waals surface area (Å²) < 4.78 is 0. The van der Waals surface area contributed by atoms with Crippen LogP contribution in [0.3, 0.4) is 0 Å². The molecule has 0 aromatic rings. The number of carbonyl (C=O) groups excluding carboxylic acids is 3. The van der Waals surface area contributed by atoms with Crippen LogP contribution in [0.1, 0.15) is 33.1 Å². The lowest BCUT2D eigenvalue weighted by atomic mass is 9.99. The summed E-state index contributed by atoms with van der Waals surface area (Å²) >= 11 is 0. The van der Waals surface area contributed by atoms with Gasteiger partial charge < -0.3 is 26.4 Å². The van der Waals surface area contributed by atoms with Crippen molar-refractivity contribution in [3.8, 4) is 0 Å². The molecule has 9 nitrogen and oxygen atoms in total. The minimum absolute atomic E-state index is 0.216. The molecule has 3 atom stereocenters. The Balaban J connectivity index is 2.69. The zero-order valence-corrected chi connectivity index (χ0v) is 14.1. The molecule has 0 aromatic heterocycles. The third-order valence-corrected chi connectivity index (χ3v) is 4.27. The van der Waals surface area contributed by atoms with Crippen LogP contribution in [-0.4, -0.2) is 65.4 Å². The van der Waals surface area contributed by atoms with Crippen LogP contribution in [0, 0.1) is 5.92 Å². The van der Waals surface area contributed by atoms with Gasteiger partial charge in [0.1, 0.15) is 12.1 Å². The predicted molar refractivity (Wildman–Crippen MR) is 85.8 cm³/mol. The number of aliphatic carboxylic acids is 1. The van der Waals surface area contributed by atoms with Gasteiger partial charge in [-0.05, 0) is 18.8 Å². The first-order valence-corrected chi connectivity index (χ1v) is 8.11. The van der Waals surface area contributed by atoms with Crippen LogP contribution in [0.2, 0.25) is 0 Å². The maximum Gasteiger partial charge on any atom is 0.326 e. The molecule has 0 aliphatic carbocycles. The lowest BCUT2D eigenvalue weighted by Crippen LogP contribution is -2.54. The second-order valence-corrected chi connectivity index (χ2v) is 5.94. The normalized spacial score (nSPS) is 19.5. The second-order valence-electron chi connectivity index (χ2n) is 5.94. The molecular weight excluding hydrogens is 316 g/mol. The third-order valence-electron chi connectivity index (χ3n) is 4.27. The topological polar surface area (TPSA) is 142 Å². The van der Waals surface area contributed by atoms with Crippen LogP contribution >= 0.6 is 0 Å². The van der Waals surface area contributed by atoms with Crippen molar-refractivity contribution in [1.29, 1.82) is 0 Å². The molecule has 0 bridgehead atoms. The first-order chi connectivity index (χ1) is 11.3. The number of likely N-dealkylation sites (tertiary alicyclic amines) is 1. The lowest BCUT2D eigenvalue weighted by Gasteiger charge is -2.27. The SMILES string of the molecule is CC[C@H](C)C(NC(=O)[C@@H]1CCCN1C(=O)CNC(=O)CN)C(=O)O. The Morgan fingerprint density at radius 3 is 2.54 bits per heavy atom. The molecule has 24 heavy (non-hydrogen) atoms. The van der Waals surface area contributed by atoms with Crippen molar-refractivity contribution in [3.05, 3.63) is 0 Å². The number of carbonyl (C=O) groups is 4. The van der Waals surface area contributed by atoms with Gasteiger partial charge in [0.25, 0.3) is 0 Å². The summed E-state index contributed by atoms with van der Waals surface area (Å²) in [6, 6.07) is -1.70. The van der Waals surface area contributed by atoms with Crippen molar-refractivity contribution in [2.45, 2.75) is 45.2 Å². The number of rotatable bonds is 8. The smallest absolute Gasteiger partial charge is 0.326 e. The van der Waals surface area contributed by atoms with Gasteiger partial charge in [0.15, 0.2) is 0 Å². The summed E-state index contributed by atoms with van der Waals surface area (Å²) in [5.74, 6) is -2.63. The summed E-state index contributed by atoms with van der Waals surface area (Å²) in [6.45, 7) is 3.55. The van der Waals surface area contributed by atoms with Gasteiger partial charge in [-0.25, -0.2) is 4.79 Å². The molecule has 9 heteroatoms. The second kappa shape index (κ2) is 9.21. The van der Waals surface area contributed by atoms with Crippen LogP contribution in [0.4, 0.5) is 0 Å². The van der Waals surface area contributed by atoms with E-state index >= 15 is 0 Å². The van der Waals surface area contributed by atoms with E-state index in [1.807, 2.05) is 6.92 Å². The molecule has 1 saturated heterocycles. The number of nitrogens with zero attached hydrogens (tertiary/aromatic N) is 1. The van der Waals surface area contributed by atoms with E-state index in [2.05, 4.69) is 10.6 Å². The predicted octanol–water partition coefficient (Wildman–Crippen LogP) is -1.33. The molecule has 3 amide bonds. The molecule has 1 fully saturated rings. The molecule has 136 valence electrons. The van der Waals surface area contributed by atoms with E-state index in [0.717, 1.165) is 0 Å². The highest BCUT2D eigenvalue weighted by molar-refractivity contribution is 5.92. The molecule has 0 radical (unpaired) electrons. The Hall–Kier alpha value is -2.16. The van der Waals surface area contributed by atoms with E-state index in [0.29, 0.717) is 25.8 Å². The number of nitrogens with two attached hydrogens (primary N) is 1. The van der Waals surface area contributed by atoms with Gasteiger partial charge in [0.05, 0.1) is 13.1 Å². The van der Waals surface area contributed by atoms with Gasteiger partial charge in [0, 0.05) is 6.54 Å². The molecule has 1 unspecified atom stereocenters. The maximum atomic E-state index is 12.4. The highest BCUT2D eigenvalue weighted by Crippen LogP contribution is 2.18. The Morgan fingerprint density at radius 1 is 1.33 bits per heavy atom. The molecule has 0 saturated carbocycles.